The molecule has 28 heavy (non-hydrogen) atoms. The van der Waals surface area contributed by atoms with E-state index >= 15 is 0 Å². The van der Waals surface area contributed by atoms with E-state index in [9.17, 15) is 27.2 Å². The third kappa shape index (κ3) is 8.11. The SMILES string of the molecule is C[Si](C)(CCCNC(=O)CCCCC(=O)Oc1c(F)c(F)cc(F)c1F)O[SiH3]. The predicted molar refractivity (Wildman–Crippen MR) is 101 cm³/mol. The van der Waals surface area contributed by atoms with Crippen LogP contribution in [0.1, 0.15) is 32.1 Å². The highest BCUT2D eigenvalue weighted by Gasteiger charge is 2.23. The third-order valence-corrected chi connectivity index (χ3v) is 10.1. The fourth-order valence-corrected chi connectivity index (χ4v) is 4.14. The van der Waals surface area contributed by atoms with Crippen LogP contribution in [0.25, 0.3) is 0 Å². The van der Waals surface area contributed by atoms with E-state index < -0.39 is 43.3 Å². The Balaban J connectivity index is 2.28. The summed E-state index contributed by atoms with van der Waals surface area (Å²) >= 11 is 0. The van der Waals surface area contributed by atoms with E-state index in [1.807, 2.05) is 0 Å². The van der Waals surface area contributed by atoms with Crippen molar-refractivity contribution in [3.63, 3.8) is 0 Å². The first-order valence-corrected chi connectivity index (χ1v) is 12.9. The Hall–Kier alpha value is -1.73. The van der Waals surface area contributed by atoms with Crippen molar-refractivity contribution in [3.8, 4) is 5.75 Å². The van der Waals surface area contributed by atoms with E-state index in [2.05, 4.69) is 23.1 Å². The van der Waals surface area contributed by atoms with Crippen molar-refractivity contribution in [3.05, 3.63) is 29.3 Å². The molecule has 0 spiro atoms. The van der Waals surface area contributed by atoms with Gasteiger partial charge in [-0.2, -0.15) is 8.78 Å². The first-order valence-electron chi connectivity index (χ1n) is 8.93. The minimum Gasteiger partial charge on any atom is -0.463 e. The Morgan fingerprint density at radius 1 is 1.04 bits per heavy atom. The van der Waals surface area contributed by atoms with Gasteiger partial charge in [0, 0.05) is 25.5 Å². The fraction of sp³-hybridized carbons (Fsp3) is 0.529. The minimum atomic E-state index is -1.77. The van der Waals surface area contributed by atoms with Gasteiger partial charge in [-0.05, 0) is 38.4 Å². The molecule has 0 heterocycles. The quantitative estimate of drug-likeness (QED) is 0.144. The van der Waals surface area contributed by atoms with Crippen LogP contribution in [0.3, 0.4) is 0 Å². The highest BCUT2D eigenvalue weighted by molar-refractivity contribution is 6.73. The van der Waals surface area contributed by atoms with Crippen LogP contribution in [-0.4, -0.2) is 37.2 Å². The first kappa shape index (κ1) is 24.3. The molecule has 0 fully saturated rings. The Morgan fingerprint density at radius 2 is 1.61 bits per heavy atom. The number of amides is 1. The molecule has 11 heteroatoms. The fourth-order valence-electron chi connectivity index (χ4n) is 2.29. The zero-order valence-electron chi connectivity index (χ0n) is 16.2. The van der Waals surface area contributed by atoms with Gasteiger partial charge < -0.3 is 14.2 Å². The van der Waals surface area contributed by atoms with Crippen molar-refractivity contribution in [2.45, 2.75) is 51.2 Å². The van der Waals surface area contributed by atoms with Crippen molar-refractivity contribution in [2.24, 2.45) is 0 Å². The zero-order valence-corrected chi connectivity index (χ0v) is 19.2. The monoisotopic (exact) mass is 439 g/mol. The number of unbranched alkanes of at least 4 members (excludes halogenated alkanes) is 1. The zero-order chi connectivity index (χ0) is 21.3. The minimum absolute atomic E-state index is 0.0286. The molecule has 0 aliphatic carbocycles. The Kier molecular flexibility index (Phi) is 9.83. The number of carbonyl (C=O) groups is 2. The van der Waals surface area contributed by atoms with Gasteiger partial charge in [-0.25, -0.2) is 8.78 Å². The van der Waals surface area contributed by atoms with Crippen LogP contribution < -0.4 is 10.1 Å². The van der Waals surface area contributed by atoms with Crippen molar-refractivity contribution < 1.29 is 36.0 Å². The molecule has 0 bridgehead atoms. The van der Waals surface area contributed by atoms with Gasteiger partial charge in [-0.1, -0.05) is 0 Å². The lowest BCUT2D eigenvalue weighted by atomic mass is 10.2. The summed E-state index contributed by atoms with van der Waals surface area (Å²) in [5.74, 6) is -9.45. The van der Waals surface area contributed by atoms with Crippen LogP contribution in [0.5, 0.6) is 5.75 Å². The number of ether oxygens (including phenoxy) is 1. The third-order valence-electron chi connectivity index (χ3n) is 4.15. The topological polar surface area (TPSA) is 64.6 Å². The van der Waals surface area contributed by atoms with Gasteiger partial charge in [0.2, 0.25) is 23.3 Å². The van der Waals surface area contributed by atoms with Gasteiger partial charge in [0.15, 0.2) is 20.0 Å². The summed E-state index contributed by atoms with van der Waals surface area (Å²) in [7, 11) is -0.872. The lowest BCUT2D eigenvalue weighted by Gasteiger charge is -2.20. The Labute approximate surface area is 165 Å². The summed E-state index contributed by atoms with van der Waals surface area (Å²) in [5.41, 5.74) is 0. The Bertz CT molecular complexity index is 678. The molecule has 0 radical (unpaired) electrons. The summed E-state index contributed by atoms with van der Waals surface area (Å²) in [5, 5.41) is 2.78. The van der Waals surface area contributed by atoms with Crippen molar-refractivity contribution in [1.82, 2.24) is 5.32 Å². The van der Waals surface area contributed by atoms with Gasteiger partial charge in [-0.15, -0.1) is 0 Å². The molecular weight excluding hydrogens is 414 g/mol. The predicted octanol–water partition coefficient (Wildman–Crippen LogP) is 2.72. The smallest absolute Gasteiger partial charge is 0.311 e. The number of hydrogen-bond acceptors (Lipinski definition) is 4. The molecule has 5 nitrogen and oxygen atoms in total. The number of esters is 1. The van der Waals surface area contributed by atoms with Crippen LogP contribution in [0.15, 0.2) is 6.07 Å². The van der Waals surface area contributed by atoms with E-state index in [1.165, 1.54) is 0 Å². The lowest BCUT2D eigenvalue weighted by Crippen LogP contribution is -2.31. The highest BCUT2D eigenvalue weighted by atomic mass is 28.4. The first-order chi connectivity index (χ1) is 13.1. The highest BCUT2D eigenvalue weighted by Crippen LogP contribution is 2.26. The number of carbonyl (C=O) groups excluding carboxylic acids is 2. The summed E-state index contributed by atoms with van der Waals surface area (Å²) in [6.07, 6.45) is 1.35. The average molecular weight is 440 g/mol. The molecule has 1 rings (SSSR count). The van der Waals surface area contributed by atoms with Crippen LogP contribution in [0.4, 0.5) is 17.6 Å². The van der Waals surface area contributed by atoms with E-state index in [1.54, 1.807) is 0 Å². The number of rotatable bonds is 11. The van der Waals surface area contributed by atoms with E-state index in [0.29, 0.717) is 23.5 Å². The van der Waals surface area contributed by atoms with E-state index in [4.69, 9.17) is 4.12 Å². The second-order valence-electron chi connectivity index (χ2n) is 6.90. The van der Waals surface area contributed by atoms with Gasteiger partial charge in [-0.3, -0.25) is 9.59 Å². The summed E-state index contributed by atoms with van der Waals surface area (Å²) in [4.78, 5) is 23.3. The second kappa shape index (κ2) is 11.3. The molecule has 1 aromatic carbocycles. The van der Waals surface area contributed by atoms with Crippen LogP contribution in [0.2, 0.25) is 19.1 Å². The van der Waals surface area contributed by atoms with Gasteiger partial charge in [0.25, 0.3) is 0 Å². The lowest BCUT2D eigenvalue weighted by molar-refractivity contribution is -0.135. The van der Waals surface area contributed by atoms with E-state index in [0.717, 1.165) is 12.5 Å². The molecule has 0 saturated heterocycles. The van der Waals surface area contributed by atoms with Crippen LogP contribution in [-0.2, 0) is 13.7 Å². The summed E-state index contributed by atoms with van der Waals surface area (Å²) in [6, 6.07) is 0.983. The van der Waals surface area contributed by atoms with E-state index in [-0.39, 0.29) is 31.2 Å². The van der Waals surface area contributed by atoms with Crippen molar-refractivity contribution in [2.75, 3.05) is 6.54 Å². The molecule has 0 aliphatic rings. The van der Waals surface area contributed by atoms with Crippen LogP contribution >= 0.6 is 0 Å². The maximum absolute atomic E-state index is 13.4. The van der Waals surface area contributed by atoms with Gasteiger partial charge in [0.1, 0.15) is 10.5 Å². The molecule has 158 valence electrons. The number of hydrogen-bond donors (Lipinski definition) is 1. The molecule has 0 atom stereocenters. The number of benzene rings is 1. The average Bonchev–Trinajstić information content (AvgIpc) is 2.64. The number of halogens is 4. The summed E-state index contributed by atoms with van der Waals surface area (Å²) in [6.45, 7) is 4.79. The molecule has 1 N–H and O–H groups in total. The van der Waals surface area contributed by atoms with Gasteiger partial charge >= 0.3 is 5.97 Å². The largest absolute Gasteiger partial charge is 0.463 e. The molecule has 0 unspecified atom stereocenters. The molecule has 1 amide bonds. The summed E-state index contributed by atoms with van der Waals surface area (Å²) < 4.78 is 62.9. The number of nitrogens with one attached hydrogen (secondary N) is 1. The van der Waals surface area contributed by atoms with Gasteiger partial charge in [0.05, 0.1) is 0 Å². The standard InChI is InChI=1S/C17H25F4NO4Si2/c1-28(2,26-27)9-5-8-22-13(23)6-3-4-7-14(24)25-17-15(20)11(18)10-12(19)16(17)21/h10H,3-9H2,1-2,27H3,(H,22,23). The Morgan fingerprint density at radius 3 is 2.18 bits per heavy atom. The normalized spacial score (nSPS) is 11.5. The van der Waals surface area contributed by atoms with Crippen molar-refractivity contribution in [1.29, 1.82) is 0 Å². The molecule has 0 aromatic heterocycles. The second-order valence-corrected chi connectivity index (χ2v) is 12.5. The molecule has 1 aromatic rings. The molecule has 0 aliphatic heterocycles. The maximum atomic E-state index is 13.4. The molecule has 0 saturated carbocycles. The molecular formula is C17H25F4NO4Si2. The maximum Gasteiger partial charge on any atom is 0.311 e. The van der Waals surface area contributed by atoms with Crippen molar-refractivity contribution >= 4 is 30.7 Å². The van der Waals surface area contributed by atoms with Crippen LogP contribution in [0, 0.1) is 23.3 Å².